The zero-order valence-electron chi connectivity index (χ0n) is 16.4. The Kier molecular flexibility index (Phi) is 6.52. The molecular formula is C24H22ClNO4. The molecule has 0 bridgehead atoms. The summed E-state index contributed by atoms with van der Waals surface area (Å²) in [4.78, 5) is 12.5. The number of ether oxygens (including phenoxy) is 3. The summed E-state index contributed by atoms with van der Waals surface area (Å²) < 4.78 is 16.8. The predicted molar refractivity (Wildman–Crippen MR) is 115 cm³/mol. The molecule has 1 aliphatic heterocycles. The highest BCUT2D eigenvalue weighted by atomic mass is 35.5. The Labute approximate surface area is 180 Å². The standard InChI is InChI=1S/C24H22ClNO4/c25-21-12-20(13-22-23(21)30-11-10-29-22)24(27)26-14-17-6-8-19(9-7-17)16-28-15-18-4-2-1-3-5-18/h1-9,12-13H,10-11,14-16H2,(H,26,27). The topological polar surface area (TPSA) is 56.8 Å². The van der Waals surface area contributed by atoms with E-state index in [1.54, 1.807) is 12.1 Å². The molecule has 0 aliphatic carbocycles. The summed E-state index contributed by atoms with van der Waals surface area (Å²) in [5.41, 5.74) is 3.67. The van der Waals surface area contributed by atoms with Gasteiger partial charge in [-0.15, -0.1) is 0 Å². The lowest BCUT2D eigenvalue weighted by atomic mass is 10.1. The summed E-state index contributed by atoms with van der Waals surface area (Å²) in [6.07, 6.45) is 0. The van der Waals surface area contributed by atoms with Crippen LogP contribution in [0.2, 0.25) is 5.02 Å². The average molecular weight is 424 g/mol. The Hall–Kier alpha value is -3.02. The van der Waals surface area contributed by atoms with Gasteiger partial charge >= 0.3 is 0 Å². The number of carbonyl (C=O) groups excluding carboxylic acids is 1. The third kappa shape index (κ3) is 5.12. The molecule has 3 aromatic rings. The molecule has 30 heavy (non-hydrogen) atoms. The van der Waals surface area contributed by atoms with E-state index in [1.165, 1.54) is 0 Å². The monoisotopic (exact) mass is 423 g/mol. The Morgan fingerprint density at radius 1 is 0.900 bits per heavy atom. The van der Waals surface area contributed by atoms with Gasteiger partial charge in [0, 0.05) is 12.1 Å². The highest BCUT2D eigenvalue weighted by Gasteiger charge is 2.19. The molecule has 0 saturated carbocycles. The van der Waals surface area contributed by atoms with Gasteiger partial charge in [-0.3, -0.25) is 4.79 Å². The van der Waals surface area contributed by atoms with Crippen LogP contribution >= 0.6 is 11.6 Å². The third-order valence-corrected chi connectivity index (χ3v) is 5.00. The van der Waals surface area contributed by atoms with E-state index < -0.39 is 0 Å². The van der Waals surface area contributed by atoms with Gasteiger partial charge in [-0.05, 0) is 28.8 Å². The van der Waals surface area contributed by atoms with Crippen LogP contribution in [0.1, 0.15) is 27.0 Å². The van der Waals surface area contributed by atoms with Crippen LogP contribution in [0.4, 0.5) is 0 Å². The minimum absolute atomic E-state index is 0.218. The molecule has 0 spiro atoms. The fourth-order valence-corrected chi connectivity index (χ4v) is 3.41. The smallest absolute Gasteiger partial charge is 0.251 e. The predicted octanol–water partition coefficient (Wildman–Crippen LogP) is 4.76. The molecule has 1 heterocycles. The van der Waals surface area contributed by atoms with Crippen LogP contribution in [-0.4, -0.2) is 19.1 Å². The number of hydrogen-bond donors (Lipinski definition) is 1. The molecule has 4 rings (SSSR count). The zero-order valence-corrected chi connectivity index (χ0v) is 17.2. The molecule has 6 heteroatoms. The summed E-state index contributed by atoms with van der Waals surface area (Å²) in [6.45, 7) is 2.42. The second-order valence-corrected chi connectivity index (χ2v) is 7.37. The van der Waals surface area contributed by atoms with Gasteiger partial charge in [-0.25, -0.2) is 0 Å². The van der Waals surface area contributed by atoms with Gasteiger partial charge in [0.1, 0.15) is 13.2 Å². The lowest BCUT2D eigenvalue weighted by molar-refractivity contribution is 0.0949. The fraction of sp³-hybridized carbons (Fsp3) is 0.208. The molecule has 1 aliphatic rings. The van der Waals surface area contributed by atoms with E-state index in [1.807, 2.05) is 54.6 Å². The molecule has 5 nitrogen and oxygen atoms in total. The zero-order chi connectivity index (χ0) is 20.8. The van der Waals surface area contributed by atoms with E-state index in [9.17, 15) is 4.79 Å². The summed E-state index contributed by atoms with van der Waals surface area (Å²) in [6, 6.07) is 21.3. The first-order chi connectivity index (χ1) is 14.7. The van der Waals surface area contributed by atoms with Gasteiger partial charge < -0.3 is 19.5 Å². The molecule has 0 unspecified atom stereocenters. The molecule has 0 aromatic heterocycles. The van der Waals surface area contributed by atoms with Gasteiger partial charge in [0.05, 0.1) is 18.2 Å². The van der Waals surface area contributed by atoms with Crippen LogP contribution in [0, 0.1) is 0 Å². The quantitative estimate of drug-likeness (QED) is 0.595. The number of fused-ring (bicyclic) bond motifs is 1. The van der Waals surface area contributed by atoms with Crippen molar-refractivity contribution in [1.82, 2.24) is 5.32 Å². The molecule has 0 radical (unpaired) electrons. The van der Waals surface area contributed by atoms with Crippen LogP contribution in [0.15, 0.2) is 66.7 Å². The van der Waals surface area contributed by atoms with Crippen molar-refractivity contribution in [2.24, 2.45) is 0 Å². The van der Waals surface area contributed by atoms with Crippen LogP contribution in [-0.2, 0) is 24.5 Å². The van der Waals surface area contributed by atoms with E-state index in [4.69, 9.17) is 25.8 Å². The van der Waals surface area contributed by atoms with Crippen LogP contribution < -0.4 is 14.8 Å². The molecule has 1 N–H and O–H groups in total. The van der Waals surface area contributed by atoms with Gasteiger partial charge in [-0.1, -0.05) is 66.2 Å². The Morgan fingerprint density at radius 2 is 1.57 bits per heavy atom. The minimum atomic E-state index is -0.218. The Bertz CT molecular complexity index is 1010. The number of nitrogens with one attached hydrogen (secondary N) is 1. The summed E-state index contributed by atoms with van der Waals surface area (Å²) in [7, 11) is 0. The van der Waals surface area contributed by atoms with Crippen LogP contribution in [0.5, 0.6) is 11.5 Å². The number of hydrogen-bond acceptors (Lipinski definition) is 4. The minimum Gasteiger partial charge on any atom is -0.486 e. The van der Waals surface area contributed by atoms with Gasteiger partial charge in [-0.2, -0.15) is 0 Å². The number of carbonyl (C=O) groups is 1. The van der Waals surface area contributed by atoms with Crippen molar-refractivity contribution >= 4 is 17.5 Å². The molecule has 3 aromatic carbocycles. The maximum absolute atomic E-state index is 12.5. The SMILES string of the molecule is O=C(NCc1ccc(COCc2ccccc2)cc1)c1cc(Cl)c2c(c1)OCCO2. The van der Waals surface area contributed by atoms with Gasteiger partial charge in [0.2, 0.25) is 0 Å². The van der Waals surface area contributed by atoms with Crippen molar-refractivity contribution < 1.29 is 19.0 Å². The first-order valence-corrected chi connectivity index (χ1v) is 10.1. The summed E-state index contributed by atoms with van der Waals surface area (Å²) >= 11 is 6.21. The van der Waals surface area contributed by atoms with Crippen molar-refractivity contribution in [3.05, 3.63) is 94.0 Å². The van der Waals surface area contributed by atoms with Crippen molar-refractivity contribution in [3.8, 4) is 11.5 Å². The third-order valence-electron chi connectivity index (χ3n) is 4.72. The van der Waals surface area contributed by atoms with Crippen LogP contribution in [0.3, 0.4) is 0 Å². The first kappa shape index (κ1) is 20.3. The average Bonchev–Trinajstić information content (AvgIpc) is 2.79. The summed E-state index contributed by atoms with van der Waals surface area (Å²) in [5.74, 6) is 0.771. The maximum Gasteiger partial charge on any atom is 0.251 e. The second-order valence-electron chi connectivity index (χ2n) is 6.96. The second kappa shape index (κ2) is 9.65. The molecule has 0 fully saturated rings. The molecule has 0 atom stereocenters. The van der Waals surface area contributed by atoms with Crippen molar-refractivity contribution in [1.29, 1.82) is 0 Å². The van der Waals surface area contributed by atoms with Gasteiger partial charge in [0.15, 0.2) is 11.5 Å². The number of amides is 1. The van der Waals surface area contributed by atoms with Gasteiger partial charge in [0.25, 0.3) is 5.91 Å². The maximum atomic E-state index is 12.5. The molecule has 0 saturated heterocycles. The Morgan fingerprint density at radius 3 is 2.33 bits per heavy atom. The van der Waals surface area contributed by atoms with Crippen molar-refractivity contribution in [3.63, 3.8) is 0 Å². The Balaban J connectivity index is 1.28. The largest absolute Gasteiger partial charge is 0.486 e. The van der Waals surface area contributed by atoms with E-state index >= 15 is 0 Å². The number of halogens is 1. The van der Waals surface area contributed by atoms with E-state index in [0.717, 1.165) is 16.7 Å². The fourth-order valence-electron chi connectivity index (χ4n) is 3.14. The van der Waals surface area contributed by atoms with Crippen molar-refractivity contribution in [2.45, 2.75) is 19.8 Å². The molecular weight excluding hydrogens is 402 g/mol. The van der Waals surface area contributed by atoms with Crippen LogP contribution in [0.25, 0.3) is 0 Å². The number of rotatable bonds is 7. The number of benzene rings is 3. The lowest BCUT2D eigenvalue weighted by Gasteiger charge is -2.20. The lowest BCUT2D eigenvalue weighted by Crippen LogP contribution is -2.23. The van der Waals surface area contributed by atoms with Crippen molar-refractivity contribution in [2.75, 3.05) is 13.2 Å². The molecule has 1 amide bonds. The van der Waals surface area contributed by atoms with E-state index in [-0.39, 0.29) is 5.91 Å². The van der Waals surface area contributed by atoms with E-state index in [2.05, 4.69) is 5.32 Å². The highest BCUT2D eigenvalue weighted by molar-refractivity contribution is 6.32. The first-order valence-electron chi connectivity index (χ1n) is 9.76. The highest BCUT2D eigenvalue weighted by Crippen LogP contribution is 2.38. The van der Waals surface area contributed by atoms with E-state index in [0.29, 0.717) is 55.1 Å². The normalized spacial score (nSPS) is 12.4. The summed E-state index contributed by atoms with van der Waals surface area (Å²) in [5, 5.41) is 3.28. The molecule has 154 valence electrons.